The molecule has 7 heteroatoms. The van der Waals surface area contributed by atoms with Crippen molar-refractivity contribution in [2.75, 3.05) is 0 Å². The topological polar surface area (TPSA) is 85.1 Å². The second kappa shape index (κ2) is 6.31. The fraction of sp³-hybridized carbons (Fsp3) is 0.125. The second-order valence-corrected chi connectivity index (χ2v) is 6.73. The van der Waals surface area contributed by atoms with Gasteiger partial charge in [-0.3, -0.25) is 0 Å². The van der Waals surface area contributed by atoms with Crippen LogP contribution in [0.2, 0.25) is 0 Å². The van der Waals surface area contributed by atoms with Gasteiger partial charge in [0.15, 0.2) is 0 Å². The largest absolute Gasteiger partial charge is 0.421 e. The molecule has 0 saturated carbocycles. The van der Waals surface area contributed by atoms with Crippen molar-refractivity contribution in [2.24, 2.45) is 0 Å². The van der Waals surface area contributed by atoms with E-state index in [4.69, 9.17) is 4.42 Å². The normalized spacial score (nSPS) is 11.5. The first-order valence-corrected chi connectivity index (χ1v) is 8.47. The van der Waals surface area contributed by atoms with E-state index >= 15 is 0 Å². The molecule has 0 atom stereocenters. The average molecular weight is 329 g/mol. The fourth-order valence-electron chi connectivity index (χ4n) is 2.07. The number of hydrogen-bond donors (Lipinski definition) is 1. The third-order valence-electron chi connectivity index (χ3n) is 3.23. The second-order valence-electron chi connectivity index (χ2n) is 4.96. The summed E-state index contributed by atoms with van der Waals surface area (Å²) >= 11 is 0. The van der Waals surface area contributed by atoms with Crippen LogP contribution in [0.5, 0.6) is 0 Å². The molecule has 0 aliphatic carbocycles. The minimum absolute atomic E-state index is 0.154. The summed E-state index contributed by atoms with van der Waals surface area (Å²) in [6, 6.07) is 15.7. The molecular weight excluding hydrogens is 314 g/mol. The highest BCUT2D eigenvalue weighted by Gasteiger charge is 2.16. The number of rotatable bonds is 5. The zero-order valence-corrected chi connectivity index (χ0v) is 13.2. The Balaban J connectivity index is 1.82. The van der Waals surface area contributed by atoms with Gasteiger partial charge in [-0.05, 0) is 23.8 Å². The fourth-order valence-corrected chi connectivity index (χ4v) is 3.13. The molecule has 1 N–H and O–H groups in total. The van der Waals surface area contributed by atoms with E-state index in [2.05, 4.69) is 14.9 Å². The van der Waals surface area contributed by atoms with Crippen LogP contribution >= 0.6 is 0 Å². The molecule has 0 saturated heterocycles. The summed E-state index contributed by atoms with van der Waals surface area (Å²) in [6.45, 7) is 1.91. The molecule has 23 heavy (non-hydrogen) atoms. The third kappa shape index (κ3) is 3.64. The molecule has 118 valence electrons. The summed E-state index contributed by atoms with van der Waals surface area (Å²) in [5.74, 6) is 0.720. The predicted octanol–water partition coefficient (Wildman–Crippen LogP) is 2.52. The smallest absolute Gasteiger partial charge is 0.247 e. The summed E-state index contributed by atoms with van der Waals surface area (Å²) in [6.07, 6.45) is 0. The van der Waals surface area contributed by atoms with Gasteiger partial charge in [0, 0.05) is 19.0 Å². The Morgan fingerprint density at radius 2 is 1.83 bits per heavy atom. The summed E-state index contributed by atoms with van der Waals surface area (Å²) in [5.41, 5.74) is 1.45. The van der Waals surface area contributed by atoms with Gasteiger partial charge in [0.2, 0.25) is 21.8 Å². The molecule has 0 bridgehead atoms. The van der Waals surface area contributed by atoms with E-state index in [0.29, 0.717) is 17.3 Å². The molecule has 1 heterocycles. The van der Waals surface area contributed by atoms with Crippen LogP contribution in [-0.2, 0) is 16.6 Å². The van der Waals surface area contributed by atoms with Crippen LogP contribution < -0.4 is 4.72 Å². The standard InChI is InChI=1S/C16H15N3O3S/c1-12-18-19-16(22-12)14-8-5-9-15(10-14)23(20,21)17-11-13-6-3-2-4-7-13/h2-10,17H,11H2,1H3. The molecule has 3 rings (SSSR count). The highest BCUT2D eigenvalue weighted by atomic mass is 32.2. The number of hydrogen-bond acceptors (Lipinski definition) is 5. The number of sulfonamides is 1. The SMILES string of the molecule is Cc1nnc(-c2cccc(S(=O)(=O)NCc3ccccc3)c2)o1. The van der Waals surface area contributed by atoms with Crippen molar-refractivity contribution in [3.05, 3.63) is 66.1 Å². The first kappa shape index (κ1) is 15.4. The van der Waals surface area contributed by atoms with Gasteiger partial charge in [-0.1, -0.05) is 36.4 Å². The van der Waals surface area contributed by atoms with Gasteiger partial charge < -0.3 is 4.42 Å². The number of aromatic nitrogens is 2. The quantitative estimate of drug-likeness (QED) is 0.777. The van der Waals surface area contributed by atoms with Crippen LogP contribution in [0.15, 0.2) is 63.9 Å². The van der Waals surface area contributed by atoms with Crippen LogP contribution in [0.1, 0.15) is 11.5 Å². The Morgan fingerprint density at radius 3 is 2.52 bits per heavy atom. The zero-order valence-electron chi connectivity index (χ0n) is 12.4. The molecular formula is C16H15N3O3S. The van der Waals surface area contributed by atoms with Gasteiger partial charge in [-0.25, -0.2) is 13.1 Å². The van der Waals surface area contributed by atoms with Gasteiger partial charge in [0.1, 0.15) is 0 Å². The average Bonchev–Trinajstić information content (AvgIpc) is 3.01. The number of nitrogens with zero attached hydrogens (tertiary/aromatic N) is 2. The molecule has 2 aromatic carbocycles. The lowest BCUT2D eigenvalue weighted by molar-refractivity contribution is 0.532. The van der Waals surface area contributed by atoms with Crippen molar-refractivity contribution in [1.82, 2.24) is 14.9 Å². The first-order chi connectivity index (χ1) is 11.0. The molecule has 0 radical (unpaired) electrons. The van der Waals surface area contributed by atoms with Gasteiger partial charge >= 0.3 is 0 Å². The maximum absolute atomic E-state index is 12.4. The highest BCUT2D eigenvalue weighted by Crippen LogP contribution is 2.21. The molecule has 0 spiro atoms. The first-order valence-electron chi connectivity index (χ1n) is 6.99. The monoisotopic (exact) mass is 329 g/mol. The molecule has 0 aliphatic rings. The van der Waals surface area contributed by atoms with Crippen molar-refractivity contribution in [3.8, 4) is 11.5 Å². The van der Waals surface area contributed by atoms with E-state index in [9.17, 15) is 8.42 Å². The molecule has 0 fully saturated rings. The molecule has 0 amide bonds. The lowest BCUT2D eigenvalue weighted by Crippen LogP contribution is -2.23. The van der Waals surface area contributed by atoms with Gasteiger partial charge in [0.05, 0.1) is 4.90 Å². The van der Waals surface area contributed by atoms with Crippen molar-refractivity contribution >= 4 is 10.0 Å². The Labute approximate surface area is 134 Å². The Morgan fingerprint density at radius 1 is 1.04 bits per heavy atom. The van der Waals surface area contributed by atoms with E-state index in [0.717, 1.165) is 5.56 Å². The van der Waals surface area contributed by atoms with E-state index in [1.165, 1.54) is 12.1 Å². The summed E-state index contributed by atoms with van der Waals surface area (Å²) < 4.78 is 32.7. The van der Waals surface area contributed by atoms with E-state index in [1.807, 2.05) is 30.3 Å². The summed E-state index contributed by atoms with van der Waals surface area (Å²) in [4.78, 5) is 0.154. The highest BCUT2D eigenvalue weighted by molar-refractivity contribution is 7.89. The van der Waals surface area contributed by atoms with Crippen LogP contribution in [-0.4, -0.2) is 18.6 Å². The lowest BCUT2D eigenvalue weighted by Gasteiger charge is -2.07. The van der Waals surface area contributed by atoms with Crippen LogP contribution in [0.4, 0.5) is 0 Å². The predicted molar refractivity (Wildman–Crippen MR) is 84.9 cm³/mol. The molecule has 1 aromatic heterocycles. The van der Waals surface area contributed by atoms with Crippen molar-refractivity contribution in [3.63, 3.8) is 0 Å². The van der Waals surface area contributed by atoms with Gasteiger partial charge in [0.25, 0.3) is 0 Å². The van der Waals surface area contributed by atoms with Crippen molar-refractivity contribution < 1.29 is 12.8 Å². The summed E-state index contributed by atoms with van der Waals surface area (Å²) in [5, 5.41) is 7.65. The minimum atomic E-state index is -3.62. The molecule has 0 unspecified atom stereocenters. The minimum Gasteiger partial charge on any atom is -0.421 e. The van der Waals surface area contributed by atoms with Crippen molar-refractivity contribution in [1.29, 1.82) is 0 Å². The third-order valence-corrected chi connectivity index (χ3v) is 4.63. The Hall–Kier alpha value is -2.51. The lowest BCUT2D eigenvalue weighted by atomic mass is 10.2. The number of benzene rings is 2. The van der Waals surface area contributed by atoms with Crippen molar-refractivity contribution in [2.45, 2.75) is 18.4 Å². The Bertz CT molecular complexity index is 905. The van der Waals surface area contributed by atoms with Gasteiger partial charge in [-0.2, -0.15) is 0 Å². The van der Waals surface area contributed by atoms with Crippen LogP contribution in [0.3, 0.4) is 0 Å². The van der Waals surface area contributed by atoms with E-state index < -0.39 is 10.0 Å². The van der Waals surface area contributed by atoms with Gasteiger partial charge in [-0.15, -0.1) is 10.2 Å². The van der Waals surface area contributed by atoms with Crippen LogP contribution in [0, 0.1) is 6.92 Å². The maximum atomic E-state index is 12.4. The Kier molecular flexibility index (Phi) is 4.22. The maximum Gasteiger partial charge on any atom is 0.247 e. The van der Waals surface area contributed by atoms with E-state index in [1.54, 1.807) is 19.1 Å². The molecule has 0 aliphatic heterocycles. The summed E-state index contributed by atoms with van der Waals surface area (Å²) in [7, 11) is -3.62. The van der Waals surface area contributed by atoms with E-state index in [-0.39, 0.29) is 11.4 Å². The zero-order chi connectivity index (χ0) is 16.3. The molecule has 6 nitrogen and oxygen atoms in total. The number of nitrogens with one attached hydrogen (secondary N) is 1. The number of aryl methyl sites for hydroxylation is 1. The molecule has 3 aromatic rings. The van der Waals surface area contributed by atoms with Crippen LogP contribution in [0.25, 0.3) is 11.5 Å².